The van der Waals surface area contributed by atoms with Gasteiger partial charge in [0.25, 0.3) is 0 Å². The van der Waals surface area contributed by atoms with E-state index in [9.17, 15) is 0 Å². The Labute approximate surface area is 113 Å². The van der Waals surface area contributed by atoms with E-state index < -0.39 is 0 Å². The van der Waals surface area contributed by atoms with Crippen LogP contribution in [0.2, 0.25) is 0 Å². The fourth-order valence-corrected chi connectivity index (χ4v) is 2.26. The molecule has 19 heavy (non-hydrogen) atoms. The van der Waals surface area contributed by atoms with Gasteiger partial charge < -0.3 is 4.98 Å². The molecule has 0 atom stereocenters. The number of hydrogen-bond donors (Lipinski definition) is 1. The van der Waals surface area contributed by atoms with Crippen molar-refractivity contribution in [3.05, 3.63) is 54.2 Å². The van der Waals surface area contributed by atoms with Crippen molar-refractivity contribution in [3.63, 3.8) is 0 Å². The lowest BCUT2D eigenvalue weighted by atomic mass is 9.86. The summed E-state index contributed by atoms with van der Waals surface area (Å²) < 4.78 is 0. The Morgan fingerprint density at radius 3 is 2.53 bits per heavy atom. The Balaban J connectivity index is 2.12. The van der Waals surface area contributed by atoms with Gasteiger partial charge in [-0.15, -0.1) is 0 Å². The van der Waals surface area contributed by atoms with Gasteiger partial charge in [-0.25, -0.2) is 0 Å². The summed E-state index contributed by atoms with van der Waals surface area (Å²) in [4.78, 5) is 7.81. The van der Waals surface area contributed by atoms with Gasteiger partial charge in [0, 0.05) is 17.1 Å². The first-order valence-electron chi connectivity index (χ1n) is 6.59. The van der Waals surface area contributed by atoms with Crippen molar-refractivity contribution in [2.75, 3.05) is 0 Å². The molecule has 0 bridgehead atoms. The highest BCUT2D eigenvalue weighted by atomic mass is 14.8. The third-order valence-corrected chi connectivity index (χ3v) is 3.43. The standard InChI is InChI=1S/C17H18N2/c1-17(2,3)13-7-8-14-12(10-13)11-16(19-14)15-6-4-5-9-18-15/h4-11,19H,1-3H3. The summed E-state index contributed by atoms with van der Waals surface area (Å²) >= 11 is 0. The van der Waals surface area contributed by atoms with Crippen molar-refractivity contribution in [2.45, 2.75) is 26.2 Å². The summed E-state index contributed by atoms with van der Waals surface area (Å²) in [6, 6.07) is 14.8. The molecule has 0 saturated carbocycles. The van der Waals surface area contributed by atoms with Crippen molar-refractivity contribution in [1.82, 2.24) is 9.97 Å². The predicted molar refractivity (Wildman–Crippen MR) is 80.2 cm³/mol. The SMILES string of the molecule is CC(C)(C)c1ccc2[nH]c(-c3ccccn3)cc2c1. The molecule has 0 aliphatic heterocycles. The highest BCUT2D eigenvalue weighted by Gasteiger charge is 2.14. The molecular weight excluding hydrogens is 232 g/mol. The number of nitrogens with one attached hydrogen (secondary N) is 1. The lowest BCUT2D eigenvalue weighted by Gasteiger charge is -2.18. The van der Waals surface area contributed by atoms with E-state index in [-0.39, 0.29) is 5.41 Å². The summed E-state index contributed by atoms with van der Waals surface area (Å²) in [5.41, 5.74) is 4.74. The van der Waals surface area contributed by atoms with Crippen molar-refractivity contribution in [3.8, 4) is 11.4 Å². The van der Waals surface area contributed by atoms with Gasteiger partial charge in [0.1, 0.15) is 0 Å². The maximum absolute atomic E-state index is 4.38. The van der Waals surface area contributed by atoms with Crippen molar-refractivity contribution in [2.24, 2.45) is 0 Å². The molecule has 2 heterocycles. The van der Waals surface area contributed by atoms with E-state index in [1.165, 1.54) is 10.9 Å². The van der Waals surface area contributed by atoms with Crippen LogP contribution in [0.15, 0.2) is 48.7 Å². The van der Waals surface area contributed by atoms with E-state index in [1.807, 2.05) is 24.4 Å². The van der Waals surface area contributed by atoms with Crippen LogP contribution < -0.4 is 0 Å². The Hall–Kier alpha value is -2.09. The smallest absolute Gasteiger partial charge is 0.0864 e. The molecule has 0 fully saturated rings. The average Bonchev–Trinajstić information content (AvgIpc) is 2.81. The number of pyridine rings is 1. The molecule has 1 N–H and O–H groups in total. The molecule has 0 saturated heterocycles. The number of H-pyrrole nitrogens is 1. The first-order chi connectivity index (χ1) is 9.04. The normalized spacial score (nSPS) is 11.9. The summed E-state index contributed by atoms with van der Waals surface area (Å²) in [6.07, 6.45) is 1.82. The van der Waals surface area contributed by atoms with Crippen LogP contribution in [0.5, 0.6) is 0 Å². The van der Waals surface area contributed by atoms with Gasteiger partial charge in [0.05, 0.1) is 11.4 Å². The maximum atomic E-state index is 4.38. The third kappa shape index (κ3) is 2.26. The van der Waals surface area contributed by atoms with E-state index in [1.54, 1.807) is 0 Å². The molecular formula is C17H18N2. The lowest BCUT2D eigenvalue weighted by molar-refractivity contribution is 0.591. The van der Waals surface area contributed by atoms with E-state index in [4.69, 9.17) is 0 Å². The predicted octanol–water partition coefficient (Wildman–Crippen LogP) is 4.53. The third-order valence-electron chi connectivity index (χ3n) is 3.43. The van der Waals surface area contributed by atoms with Crippen LogP contribution in [0.1, 0.15) is 26.3 Å². The van der Waals surface area contributed by atoms with Crippen LogP contribution in [0.4, 0.5) is 0 Å². The number of nitrogens with zero attached hydrogens (tertiary/aromatic N) is 1. The molecule has 2 heteroatoms. The van der Waals surface area contributed by atoms with Crippen LogP contribution in [-0.2, 0) is 5.41 Å². The molecule has 3 aromatic rings. The largest absolute Gasteiger partial charge is 0.353 e. The second-order valence-electron chi connectivity index (χ2n) is 5.95. The molecule has 0 aliphatic carbocycles. The van der Waals surface area contributed by atoms with E-state index in [0.717, 1.165) is 16.9 Å². The first kappa shape index (κ1) is 12.0. The number of hydrogen-bond acceptors (Lipinski definition) is 1. The monoisotopic (exact) mass is 250 g/mol. The van der Waals surface area contributed by atoms with Gasteiger partial charge in [-0.3, -0.25) is 4.98 Å². The Kier molecular flexibility index (Phi) is 2.67. The maximum Gasteiger partial charge on any atom is 0.0864 e. The minimum atomic E-state index is 0.177. The fraction of sp³-hybridized carbons (Fsp3) is 0.235. The Morgan fingerprint density at radius 1 is 1.00 bits per heavy atom. The number of aromatic nitrogens is 2. The fourth-order valence-electron chi connectivity index (χ4n) is 2.26. The van der Waals surface area contributed by atoms with Gasteiger partial charge in [0.15, 0.2) is 0 Å². The summed E-state index contributed by atoms with van der Waals surface area (Å²) in [5, 5.41) is 1.24. The van der Waals surface area contributed by atoms with Gasteiger partial charge in [-0.1, -0.05) is 32.9 Å². The van der Waals surface area contributed by atoms with E-state index >= 15 is 0 Å². The lowest BCUT2D eigenvalue weighted by Crippen LogP contribution is -2.10. The zero-order valence-electron chi connectivity index (χ0n) is 11.6. The second kappa shape index (κ2) is 4.23. The summed E-state index contributed by atoms with van der Waals surface area (Å²) in [7, 11) is 0. The minimum absolute atomic E-state index is 0.177. The number of fused-ring (bicyclic) bond motifs is 1. The second-order valence-corrected chi connectivity index (χ2v) is 5.95. The highest BCUT2D eigenvalue weighted by Crippen LogP contribution is 2.28. The van der Waals surface area contributed by atoms with Crippen LogP contribution in [-0.4, -0.2) is 9.97 Å². The number of rotatable bonds is 1. The van der Waals surface area contributed by atoms with Crippen LogP contribution in [0.3, 0.4) is 0 Å². The zero-order valence-corrected chi connectivity index (χ0v) is 11.6. The Morgan fingerprint density at radius 2 is 1.84 bits per heavy atom. The zero-order chi connectivity index (χ0) is 13.5. The van der Waals surface area contributed by atoms with Crippen molar-refractivity contribution in [1.29, 1.82) is 0 Å². The molecule has 0 amide bonds. The molecule has 0 spiro atoms. The van der Waals surface area contributed by atoms with Crippen molar-refractivity contribution < 1.29 is 0 Å². The van der Waals surface area contributed by atoms with Crippen LogP contribution in [0.25, 0.3) is 22.3 Å². The van der Waals surface area contributed by atoms with Gasteiger partial charge in [0.2, 0.25) is 0 Å². The first-order valence-corrected chi connectivity index (χ1v) is 6.59. The summed E-state index contributed by atoms with van der Waals surface area (Å²) in [6.45, 7) is 6.71. The van der Waals surface area contributed by atoms with Crippen molar-refractivity contribution >= 4 is 10.9 Å². The minimum Gasteiger partial charge on any atom is -0.353 e. The Bertz CT molecular complexity index is 703. The molecule has 1 aromatic carbocycles. The topological polar surface area (TPSA) is 28.7 Å². The van der Waals surface area contributed by atoms with Gasteiger partial charge in [-0.2, -0.15) is 0 Å². The van der Waals surface area contributed by atoms with Gasteiger partial charge in [-0.05, 0) is 41.3 Å². The number of aromatic amines is 1. The molecule has 2 aromatic heterocycles. The molecule has 2 nitrogen and oxygen atoms in total. The van der Waals surface area contributed by atoms with Crippen LogP contribution in [0, 0.1) is 0 Å². The van der Waals surface area contributed by atoms with Crippen LogP contribution >= 0.6 is 0 Å². The van der Waals surface area contributed by atoms with E-state index in [0.29, 0.717) is 0 Å². The van der Waals surface area contributed by atoms with Gasteiger partial charge >= 0.3 is 0 Å². The molecule has 3 rings (SSSR count). The molecule has 0 unspecified atom stereocenters. The molecule has 96 valence electrons. The quantitative estimate of drug-likeness (QED) is 0.675. The number of benzene rings is 1. The molecule has 0 aliphatic rings. The average molecular weight is 250 g/mol. The van der Waals surface area contributed by atoms with E-state index in [2.05, 4.69) is 55.0 Å². The molecule has 0 radical (unpaired) electrons. The summed E-state index contributed by atoms with van der Waals surface area (Å²) in [5.74, 6) is 0. The highest BCUT2D eigenvalue weighted by molar-refractivity contribution is 5.86.